The van der Waals surface area contributed by atoms with E-state index >= 15 is 0 Å². The number of hydrogen-bond acceptors (Lipinski definition) is 4. The van der Waals surface area contributed by atoms with E-state index in [1.54, 1.807) is 0 Å². The van der Waals surface area contributed by atoms with E-state index < -0.39 is 9.84 Å². The Hall–Kier alpha value is -0.880. The second kappa shape index (κ2) is 5.63. The molecule has 1 fully saturated rings. The van der Waals surface area contributed by atoms with Gasteiger partial charge in [-0.05, 0) is 31.2 Å². The van der Waals surface area contributed by atoms with Gasteiger partial charge in [0.2, 0.25) is 0 Å². The van der Waals surface area contributed by atoms with Gasteiger partial charge in [-0.25, -0.2) is 8.42 Å². The van der Waals surface area contributed by atoms with Crippen LogP contribution in [0.1, 0.15) is 31.2 Å². The van der Waals surface area contributed by atoms with Gasteiger partial charge in [-0.2, -0.15) is 5.10 Å². The molecule has 1 aromatic rings. The Bertz CT molecular complexity index is 536. The highest BCUT2D eigenvalue weighted by atomic mass is 32.2. The first-order valence-electron chi connectivity index (χ1n) is 6.87. The van der Waals surface area contributed by atoms with Crippen LogP contribution in [0.15, 0.2) is 6.07 Å². The Morgan fingerprint density at radius 1 is 1.58 bits per heavy atom. The van der Waals surface area contributed by atoms with Crippen LogP contribution < -0.4 is 5.73 Å². The third kappa shape index (κ3) is 3.79. The molecule has 2 N–H and O–H groups in total. The summed E-state index contributed by atoms with van der Waals surface area (Å²) < 4.78 is 24.7. The normalized spacial score (nSPS) is 23.6. The molecule has 0 bridgehead atoms. The molecule has 108 valence electrons. The molecule has 2 atom stereocenters. The molecule has 1 saturated heterocycles. The van der Waals surface area contributed by atoms with Gasteiger partial charge in [-0.3, -0.25) is 4.68 Å². The quantitative estimate of drug-likeness (QED) is 0.863. The highest BCUT2D eigenvalue weighted by Gasteiger charge is 2.29. The van der Waals surface area contributed by atoms with Gasteiger partial charge in [0.15, 0.2) is 9.84 Å². The summed E-state index contributed by atoms with van der Waals surface area (Å²) in [5.41, 5.74) is 8.36. The first kappa shape index (κ1) is 14.5. The first-order chi connectivity index (χ1) is 8.89. The van der Waals surface area contributed by atoms with Crippen molar-refractivity contribution in [2.24, 2.45) is 18.7 Å². The number of aryl methyl sites for hydroxylation is 2. The second-order valence-corrected chi connectivity index (χ2v) is 7.80. The molecule has 0 aliphatic carbocycles. The summed E-state index contributed by atoms with van der Waals surface area (Å²) in [6.45, 7) is 2.08. The Kier molecular flexibility index (Phi) is 4.30. The van der Waals surface area contributed by atoms with Gasteiger partial charge in [0, 0.05) is 25.2 Å². The van der Waals surface area contributed by atoms with Crippen LogP contribution in [-0.4, -0.2) is 35.7 Å². The fraction of sp³-hybridized carbons (Fsp3) is 0.769. The summed E-state index contributed by atoms with van der Waals surface area (Å²) in [6, 6.07) is 2.10. The molecule has 2 rings (SSSR count). The number of rotatable bonds is 5. The molecule has 5 nitrogen and oxygen atoms in total. The largest absolute Gasteiger partial charge is 0.327 e. The standard InChI is InChI=1S/C13H23N3O2S/c1-3-12-8-13(16(2)15-12)7-11(14)6-10-4-5-19(17,18)9-10/h8,10-11H,3-7,9,14H2,1-2H3. The summed E-state index contributed by atoms with van der Waals surface area (Å²) in [6.07, 6.45) is 3.23. The Labute approximate surface area is 115 Å². The van der Waals surface area contributed by atoms with Crippen molar-refractivity contribution in [3.8, 4) is 0 Å². The van der Waals surface area contributed by atoms with Crippen LogP contribution in [0.4, 0.5) is 0 Å². The highest BCUT2D eigenvalue weighted by Crippen LogP contribution is 2.23. The Balaban J connectivity index is 1.90. The number of sulfone groups is 1. The van der Waals surface area contributed by atoms with Crippen LogP contribution in [-0.2, 0) is 29.7 Å². The van der Waals surface area contributed by atoms with Gasteiger partial charge in [-0.1, -0.05) is 6.92 Å². The Morgan fingerprint density at radius 2 is 2.32 bits per heavy atom. The van der Waals surface area contributed by atoms with Crippen LogP contribution in [0.2, 0.25) is 0 Å². The maximum absolute atomic E-state index is 11.4. The van der Waals surface area contributed by atoms with Gasteiger partial charge in [-0.15, -0.1) is 0 Å². The molecule has 0 aromatic carbocycles. The lowest BCUT2D eigenvalue weighted by atomic mass is 9.97. The van der Waals surface area contributed by atoms with Crippen molar-refractivity contribution in [2.45, 2.75) is 38.6 Å². The van der Waals surface area contributed by atoms with Crippen molar-refractivity contribution < 1.29 is 8.42 Å². The topological polar surface area (TPSA) is 78.0 Å². The lowest BCUT2D eigenvalue weighted by Crippen LogP contribution is -2.27. The van der Waals surface area contributed by atoms with E-state index in [2.05, 4.69) is 18.1 Å². The summed E-state index contributed by atoms with van der Waals surface area (Å²) in [5.74, 6) is 0.876. The lowest BCUT2D eigenvalue weighted by Gasteiger charge is -2.15. The Morgan fingerprint density at radius 3 is 2.84 bits per heavy atom. The van der Waals surface area contributed by atoms with E-state index in [0.29, 0.717) is 11.5 Å². The molecule has 1 aliphatic rings. The summed E-state index contributed by atoms with van der Waals surface area (Å²) in [4.78, 5) is 0. The summed E-state index contributed by atoms with van der Waals surface area (Å²) >= 11 is 0. The molecule has 0 saturated carbocycles. The third-order valence-corrected chi connectivity index (χ3v) is 5.66. The highest BCUT2D eigenvalue weighted by molar-refractivity contribution is 7.91. The molecule has 1 aliphatic heterocycles. The molecular weight excluding hydrogens is 262 g/mol. The number of aromatic nitrogens is 2. The van der Waals surface area contributed by atoms with Crippen LogP contribution in [0.5, 0.6) is 0 Å². The predicted octanol–water partition coefficient (Wildman–Crippen LogP) is 0.677. The lowest BCUT2D eigenvalue weighted by molar-refractivity contribution is 0.461. The molecule has 2 heterocycles. The molecule has 0 radical (unpaired) electrons. The predicted molar refractivity (Wildman–Crippen MR) is 75.6 cm³/mol. The fourth-order valence-corrected chi connectivity index (χ4v) is 4.65. The number of nitrogens with two attached hydrogens (primary N) is 1. The maximum Gasteiger partial charge on any atom is 0.150 e. The third-order valence-electron chi connectivity index (χ3n) is 3.82. The van der Waals surface area contributed by atoms with Crippen molar-refractivity contribution in [1.82, 2.24) is 9.78 Å². The molecule has 19 heavy (non-hydrogen) atoms. The van der Waals surface area contributed by atoms with Crippen molar-refractivity contribution >= 4 is 9.84 Å². The summed E-state index contributed by atoms with van der Waals surface area (Å²) in [5, 5.41) is 4.40. The second-order valence-electron chi connectivity index (χ2n) is 5.57. The van der Waals surface area contributed by atoms with Crippen molar-refractivity contribution in [3.05, 3.63) is 17.5 Å². The zero-order valence-electron chi connectivity index (χ0n) is 11.7. The SMILES string of the molecule is CCc1cc(CC(N)CC2CCS(=O)(=O)C2)n(C)n1. The summed E-state index contributed by atoms with van der Waals surface area (Å²) in [7, 11) is -0.863. The van der Waals surface area contributed by atoms with Crippen LogP contribution >= 0.6 is 0 Å². The average molecular weight is 285 g/mol. The van der Waals surface area contributed by atoms with Crippen LogP contribution in [0.25, 0.3) is 0 Å². The molecule has 1 aromatic heterocycles. The average Bonchev–Trinajstić information content (AvgIpc) is 2.82. The van der Waals surface area contributed by atoms with E-state index in [0.717, 1.165) is 37.1 Å². The van der Waals surface area contributed by atoms with Crippen LogP contribution in [0.3, 0.4) is 0 Å². The van der Waals surface area contributed by atoms with E-state index in [-0.39, 0.29) is 12.0 Å². The first-order valence-corrected chi connectivity index (χ1v) is 8.69. The van der Waals surface area contributed by atoms with Crippen LogP contribution in [0, 0.1) is 5.92 Å². The minimum absolute atomic E-state index is 0.0124. The van der Waals surface area contributed by atoms with E-state index in [4.69, 9.17) is 5.73 Å². The van der Waals surface area contributed by atoms with Gasteiger partial charge in [0.1, 0.15) is 0 Å². The number of nitrogens with zero attached hydrogens (tertiary/aromatic N) is 2. The van der Waals surface area contributed by atoms with E-state index in [9.17, 15) is 8.42 Å². The fourth-order valence-electron chi connectivity index (χ4n) is 2.77. The van der Waals surface area contributed by atoms with Crippen molar-refractivity contribution in [1.29, 1.82) is 0 Å². The smallest absolute Gasteiger partial charge is 0.150 e. The van der Waals surface area contributed by atoms with Crippen molar-refractivity contribution in [3.63, 3.8) is 0 Å². The zero-order valence-corrected chi connectivity index (χ0v) is 12.5. The van der Waals surface area contributed by atoms with Crippen molar-refractivity contribution in [2.75, 3.05) is 11.5 Å². The monoisotopic (exact) mass is 285 g/mol. The molecular formula is C13H23N3O2S. The van der Waals surface area contributed by atoms with E-state index in [1.165, 1.54) is 0 Å². The number of hydrogen-bond donors (Lipinski definition) is 1. The van der Waals surface area contributed by atoms with Gasteiger partial charge >= 0.3 is 0 Å². The molecule has 2 unspecified atom stereocenters. The minimum atomic E-state index is -2.80. The molecule has 6 heteroatoms. The zero-order chi connectivity index (χ0) is 14.0. The maximum atomic E-state index is 11.4. The van der Waals surface area contributed by atoms with E-state index in [1.807, 2.05) is 11.7 Å². The minimum Gasteiger partial charge on any atom is -0.327 e. The molecule has 0 amide bonds. The molecule has 0 spiro atoms. The van der Waals surface area contributed by atoms with Gasteiger partial charge < -0.3 is 5.73 Å². The van der Waals surface area contributed by atoms with Gasteiger partial charge in [0.05, 0.1) is 17.2 Å². The van der Waals surface area contributed by atoms with Gasteiger partial charge in [0.25, 0.3) is 0 Å².